The Labute approximate surface area is 139 Å². The largest absolute Gasteiger partial charge is 0.462 e. The number of hydrazone groups is 1. The summed E-state index contributed by atoms with van der Waals surface area (Å²) < 4.78 is 10.2. The van der Waals surface area contributed by atoms with Crippen molar-refractivity contribution in [1.82, 2.24) is 5.01 Å². The summed E-state index contributed by atoms with van der Waals surface area (Å²) in [7, 11) is 0. The van der Waals surface area contributed by atoms with E-state index in [0.717, 1.165) is 25.5 Å². The third-order valence-electron chi connectivity index (χ3n) is 2.74. The molecule has 1 atom stereocenters. The number of hydrogen-bond acceptors (Lipinski definition) is 5. The predicted octanol–water partition coefficient (Wildman–Crippen LogP) is 3.91. The maximum absolute atomic E-state index is 12.4. The number of allylic oxidation sites excluding steroid dienone is 1. The van der Waals surface area contributed by atoms with E-state index >= 15 is 0 Å². The van der Waals surface area contributed by atoms with E-state index in [9.17, 15) is 9.59 Å². The molecule has 0 N–H and O–H groups in total. The molecule has 0 aliphatic carbocycles. The minimum absolute atomic E-state index is 0.255. The Morgan fingerprint density at radius 3 is 2.39 bits per heavy atom. The van der Waals surface area contributed by atoms with Gasteiger partial charge in [-0.05, 0) is 41.0 Å². The molecule has 0 saturated heterocycles. The average Bonchev–Trinajstić information content (AvgIpc) is 2.43. The van der Waals surface area contributed by atoms with Crippen LogP contribution >= 0.6 is 0 Å². The third-order valence-corrected chi connectivity index (χ3v) is 2.74. The molecule has 1 amide bonds. The number of ether oxygens (including phenoxy) is 2. The van der Waals surface area contributed by atoms with Gasteiger partial charge in [-0.25, -0.2) is 9.59 Å². The number of carbonyl (C=O) groups is 2. The fourth-order valence-electron chi connectivity index (χ4n) is 1.80. The van der Waals surface area contributed by atoms with Crippen molar-refractivity contribution in [3.8, 4) is 0 Å². The number of rotatable bonds is 8. The van der Waals surface area contributed by atoms with Gasteiger partial charge in [0.25, 0.3) is 0 Å². The Balaban J connectivity index is 5.30. The van der Waals surface area contributed by atoms with Gasteiger partial charge in [-0.15, -0.1) is 0 Å². The van der Waals surface area contributed by atoms with Crippen LogP contribution in [0.25, 0.3) is 0 Å². The van der Waals surface area contributed by atoms with E-state index in [4.69, 9.17) is 9.47 Å². The molecule has 0 aromatic heterocycles. The molecule has 0 saturated carbocycles. The Kier molecular flexibility index (Phi) is 9.94. The highest BCUT2D eigenvalue weighted by atomic mass is 16.6. The molecule has 0 spiro atoms. The van der Waals surface area contributed by atoms with Crippen LogP contribution in [0.2, 0.25) is 0 Å². The van der Waals surface area contributed by atoms with Gasteiger partial charge < -0.3 is 9.47 Å². The summed E-state index contributed by atoms with van der Waals surface area (Å²) >= 11 is 0. The van der Waals surface area contributed by atoms with Crippen LogP contribution < -0.4 is 0 Å². The zero-order valence-electron chi connectivity index (χ0n) is 15.2. The standard InChI is InChI=1S/C17H30N2O4/c1-7-10-12-14(11-8-2)19(16(21)23-17(4,5)6)18-13-15(20)22-9-3/h8,11,13-14H,7,9-10,12H2,1-6H3/b11-8+,18-13+. The summed E-state index contributed by atoms with van der Waals surface area (Å²) in [6.07, 6.45) is 6.83. The first kappa shape index (κ1) is 21.1. The van der Waals surface area contributed by atoms with Gasteiger partial charge in [-0.2, -0.15) is 10.1 Å². The minimum atomic E-state index is -0.639. The number of carbonyl (C=O) groups excluding carboxylic acids is 2. The molecule has 0 rings (SSSR count). The summed E-state index contributed by atoms with van der Waals surface area (Å²) in [5.41, 5.74) is -0.639. The Bertz CT molecular complexity index is 425. The third kappa shape index (κ3) is 9.71. The fourth-order valence-corrected chi connectivity index (χ4v) is 1.80. The van der Waals surface area contributed by atoms with Crippen LogP contribution in [0.3, 0.4) is 0 Å². The van der Waals surface area contributed by atoms with Crippen molar-refractivity contribution in [3.05, 3.63) is 12.2 Å². The van der Waals surface area contributed by atoms with Crippen molar-refractivity contribution in [2.75, 3.05) is 6.61 Å². The van der Waals surface area contributed by atoms with Crippen LogP contribution in [0.1, 0.15) is 60.8 Å². The molecule has 0 aromatic rings. The molecular formula is C17H30N2O4. The predicted molar refractivity (Wildman–Crippen MR) is 91.3 cm³/mol. The smallest absolute Gasteiger partial charge is 0.431 e. The fraction of sp³-hybridized carbons (Fsp3) is 0.706. The van der Waals surface area contributed by atoms with Gasteiger partial charge >= 0.3 is 12.1 Å². The minimum Gasteiger partial charge on any atom is -0.462 e. The quantitative estimate of drug-likeness (QED) is 0.293. The first-order chi connectivity index (χ1) is 10.7. The number of hydrogen-bond donors (Lipinski definition) is 0. The normalized spacial score (nSPS) is 13.3. The van der Waals surface area contributed by atoms with E-state index in [1.165, 1.54) is 5.01 Å². The number of unbranched alkanes of at least 4 members (excludes halogenated alkanes) is 1. The lowest BCUT2D eigenvalue weighted by atomic mass is 10.1. The molecule has 132 valence electrons. The van der Waals surface area contributed by atoms with Crippen molar-refractivity contribution >= 4 is 18.3 Å². The molecule has 1 unspecified atom stereocenters. The zero-order chi connectivity index (χ0) is 17.9. The van der Waals surface area contributed by atoms with Crippen LogP contribution in [0.4, 0.5) is 4.79 Å². The summed E-state index contributed by atoms with van der Waals surface area (Å²) in [5, 5.41) is 5.21. The lowest BCUT2D eigenvalue weighted by Crippen LogP contribution is -2.39. The highest BCUT2D eigenvalue weighted by Gasteiger charge is 2.26. The second-order valence-electron chi connectivity index (χ2n) is 6.06. The molecular weight excluding hydrogens is 296 g/mol. The molecule has 23 heavy (non-hydrogen) atoms. The van der Waals surface area contributed by atoms with Gasteiger partial charge in [-0.1, -0.05) is 31.9 Å². The Morgan fingerprint density at radius 1 is 1.26 bits per heavy atom. The number of amides is 1. The van der Waals surface area contributed by atoms with Crippen LogP contribution in [0.15, 0.2) is 17.3 Å². The Morgan fingerprint density at radius 2 is 1.91 bits per heavy atom. The van der Waals surface area contributed by atoms with Crippen LogP contribution in [-0.4, -0.2) is 41.5 Å². The van der Waals surface area contributed by atoms with Gasteiger partial charge in [0.1, 0.15) is 11.8 Å². The van der Waals surface area contributed by atoms with Gasteiger partial charge in [0, 0.05) is 0 Å². The van der Waals surface area contributed by atoms with Gasteiger partial charge in [0.15, 0.2) is 0 Å². The number of nitrogens with zero attached hydrogens (tertiary/aromatic N) is 2. The summed E-state index contributed by atoms with van der Waals surface area (Å²) in [6.45, 7) is 11.3. The molecule has 0 aromatic carbocycles. The topological polar surface area (TPSA) is 68.2 Å². The lowest BCUT2D eigenvalue weighted by molar-refractivity contribution is -0.134. The average molecular weight is 326 g/mol. The van der Waals surface area contributed by atoms with E-state index in [1.807, 2.05) is 19.1 Å². The molecule has 0 heterocycles. The lowest BCUT2D eigenvalue weighted by Gasteiger charge is -2.28. The van der Waals surface area contributed by atoms with Gasteiger partial charge in [0.2, 0.25) is 0 Å². The van der Waals surface area contributed by atoms with Crippen LogP contribution in [0, 0.1) is 0 Å². The maximum Gasteiger partial charge on any atom is 0.431 e. The first-order valence-electron chi connectivity index (χ1n) is 8.10. The molecule has 0 aliphatic heterocycles. The van der Waals surface area contributed by atoms with Crippen LogP contribution in [-0.2, 0) is 14.3 Å². The van der Waals surface area contributed by atoms with E-state index in [2.05, 4.69) is 12.0 Å². The van der Waals surface area contributed by atoms with E-state index in [0.29, 0.717) is 0 Å². The van der Waals surface area contributed by atoms with Crippen LogP contribution in [0.5, 0.6) is 0 Å². The van der Waals surface area contributed by atoms with Crippen molar-refractivity contribution in [1.29, 1.82) is 0 Å². The van der Waals surface area contributed by atoms with Crippen molar-refractivity contribution in [3.63, 3.8) is 0 Å². The molecule has 6 heteroatoms. The first-order valence-corrected chi connectivity index (χ1v) is 8.10. The van der Waals surface area contributed by atoms with Crippen molar-refractivity contribution in [2.24, 2.45) is 5.10 Å². The van der Waals surface area contributed by atoms with Gasteiger partial charge in [-0.3, -0.25) is 0 Å². The van der Waals surface area contributed by atoms with Crippen molar-refractivity contribution in [2.45, 2.75) is 72.4 Å². The molecule has 0 radical (unpaired) electrons. The molecule has 0 fully saturated rings. The second-order valence-corrected chi connectivity index (χ2v) is 6.06. The monoisotopic (exact) mass is 326 g/mol. The van der Waals surface area contributed by atoms with E-state index in [1.54, 1.807) is 27.7 Å². The molecule has 0 aliphatic rings. The highest BCUT2D eigenvalue weighted by Crippen LogP contribution is 2.16. The second kappa shape index (κ2) is 10.8. The summed E-state index contributed by atoms with van der Waals surface area (Å²) in [4.78, 5) is 23.9. The molecule has 0 bridgehead atoms. The van der Waals surface area contributed by atoms with Gasteiger partial charge in [0.05, 0.1) is 12.6 Å². The summed E-state index contributed by atoms with van der Waals surface area (Å²) in [5.74, 6) is -0.587. The SMILES string of the molecule is C/C=C/C(CCCC)N(/N=C/C(=O)OCC)C(=O)OC(C)(C)C. The zero-order valence-corrected chi connectivity index (χ0v) is 15.2. The Hall–Kier alpha value is -1.85. The van der Waals surface area contributed by atoms with Crippen molar-refractivity contribution < 1.29 is 19.1 Å². The molecule has 6 nitrogen and oxygen atoms in total. The van der Waals surface area contributed by atoms with E-state index < -0.39 is 17.7 Å². The highest BCUT2D eigenvalue weighted by molar-refractivity contribution is 6.23. The number of esters is 1. The summed E-state index contributed by atoms with van der Waals surface area (Å²) in [6, 6.07) is -0.263. The van der Waals surface area contributed by atoms with E-state index in [-0.39, 0.29) is 12.6 Å². The maximum atomic E-state index is 12.4.